The van der Waals surface area contributed by atoms with Crippen LogP contribution in [0, 0.1) is 0 Å². The zero-order valence-corrected chi connectivity index (χ0v) is 18.4. The monoisotopic (exact) mass is 384 g/mol. The SMILES string of the molecule is CC1=NC(C)=NC1.CC1=NC(C)=NC1.CC1=NN=C(C)C1.CC1=NN=C(C)C1. The van der Waals surface area contributed by atoms with Gasteiger partial charge in [-0.05, 0) is 55.4 Å². The third-order valence-corrected chi connectivity index (χ3v) is 3.58. The van der Waals surface area contributed by atoms with Crippen LogP contribution in [0.4, 0.5) is 0 Å². The Balaban J connectivity index is 0.000000187. The van der Waals surface area contributed by atoms with Crippen molar-refractivity contribution in [3.05, 3.63) is 0 Å². The highest BCUT2D eigenvalue weighted by molar-refractivity contribution is 6.06. The van der Waals surface area contributed by atoms with E-state index in [-0.39, 0.29) is 0 Å². The van der Waals surface area contributed by atoms with E-state index < -0.39 is 0 Å². The van der Waals surface area contributed by atoms with Gasteiger partial charge in [-0.3, -0.25) is 9.98 Å². The summed E-state index contributed by atoms with van der Waals surface area (Å²) in [6.07, 6.45) is 1.94. The number of nitrogens with zero attached hydrogens (tertiary/aromatic N) is 8. The summed E-state index contributed by atoms with van der Waals surface area (Å²) < 4.78 is 0. The highest BCUT2D eigenvalue weighted by atomic mass is 15.2. The zero-order chi connectivity index (χ0) is 21.1. The zero-order valence-electron chi connectivity index (χ0n) is 18.4. The summed E-state index contributed by atoms with van der Waals surface area (Å²) in [4.78, 5) is 16.2. The minimum atomic E-state index is 0.811. The second-order valence-corrected chi connectivity index (χ2v) is 7.12. The molecule has 0 amide bonds. The Morgan fingerprint density at radius 1 is 0.429 bits per heavy atom. The summed E-state index contributed by atoms with van der Waals surface area (Å²) >= 11 is 0. The van der Waals surface area contributed by atoms with Crippen molar-refractivity contribution >= 4 is 45.9 Å². The first kappa shape index (κ1) is 23.4. The van der Waals surface area contributed by atoms with Crippen molar-refractivity contribution in [2.45, 2.75) is 68.2 Å². The van der Waals surface area contributed by atoms with Gasteiger partial charge in [0.1, 0.15) is 11.7 Å². The molecule has 4 aliphatic heterocycles. The maximum atomic E-state index is 4.06. The van der Waals surface area contributed by atoms with Crippen LogP contribution in [0.2, 0.25) is 0 Å². The van der Waals surface area contributed by atoms with Gasteiger partial charge in [0.2, 0.25) is 0 Å². The molecule has 0 bridgehead atoms. The van der Waals surface area contributed by atoms with Crippen molar-refractivity contribution in [2.24, 2.45) is 40.4 Å². The molecule has 0 spiro atoms. The van der Waals surface area contributed by atoms with Crippen LogP contribution in [-0.4, -0.2) is 59.0 Å². The molecule has 0 saturated carbocycles. The summed E-state index contributed by atoms with van der Waals surface area (Å²) in [6, 6.07) is 0. The predicted octanol–water partition coefficient (Wildman–Crippen LogP) is 4.21. The molecule has 0 N–H and O–H groups in total. The molecule has 8 nitrogen and oxygen atoms in total. The van der Waals surface area contributed by atoms with Crippen LogP contribution < -0.4 is 0 Å². The molecule has 4 heterocycles. The fourth-order valence-corrected chi connectivity index (χ4v) is 2.37. The van der Waals surface area contributed by atoms with Crippen LogP contribution in [0.3, 0.4) is 0 Å². The van der Waals surface area contributed by atoms with E-state index in [9.17, 15) is 0 Å². The van der Waals surface area contributed by atoms with E-state index in [1.54, 1.807) is 0 Å². The summed E-state index contributed by atoms with van der Waals surface area (Å²) in [5, 5.41) is 15.3. The first-order valence-corrected chi connectivity index (χ1v) is 9.39. The topological polar surface area (TPSA) is 98.9 Å². The van der Waals surface area contributed by atoms with Crippen molar-refractivity contribution in [3.63, 3.8) is 0 Å². The lowest BCUT2D eigenvalue weighted by Crippen LogP contribution is -1.90. The van der Waals surface area contributed by atoms with Gasteiger partial charge < -0.3 is 0 Å². The Hall–Kier alpha value is -2.64. The molecule has 4 aliphatic rings. The second kappa shape index (κ2) is 11.9. The first-order chi connectivity index (χ1) is 13.2. The van der Waals surface area contributed by atoms with Crippen molar-refractivity contribution in [1.29, 1.82) is 0 Å². The summed E-state index contributed by atoms with van der Waals surface area (Å²) in [7, 11) is 0. The standard InChI is InChI=1S/4C5H8N2/c2*1-4-3-6-5(2)7-4;2*1-4-3-5(2)7-6-4/h4*3H2,1-2H3. The molecule has 0 aromatic carbocycles. The van der Waals surface area contributed by atoms with Crippen LogP contribution in [0.1, 0.15) is 68.2 Å². The van der Waals surface area contributed by atoms with E-state index >= 15 is 0 Å². The average Bonchev–Trinajstić information content (AvgIpc) is 3.37. The number of hydrogen-bond acceptors (Lipinski definition) is 8. The van der Waals surface area contributed by atoms with Gasteiger partial charge in [-0.2, -0.15) is 20.4 Å². The van der Waals surface area contributed by atoms with E-state index in [0.717, 1.165) is 71.9 Å². The van der Waals surface area contributed by atoms with E-state index in [0.29, 0.717) is 0 Å². The van der Waals surface area contributed by atoms with Gasteiger partial charge in [0.05, 0.1) is 13.1 Å². The minimum absolute atomic E-state index is 0.811. The fourth-order valence-electron chi connectivity index (χ4n) is 2.37. The molecule has 0 aromatic rings. The first-order valence-electron chi connectivity index (χ1n) is 9.39. The Morgan fingerprint density at radius 3 is 0.786 bits per heavy atom. The highest BCUT2D eigenvalue weighted by Gasteiger charge is 2.01. The van der Waals surface area contributed by atoms with E-state index in [4.69, 9.17) is 0 Å². The molecule has 0 aromatic heterocycles. The van der Waals surface area contributed by atoms with Crippen molar-refractivity contribution in [1.82, 2.24) is 0 Å². The van der Waals surface area contributed by atoms with E-state index in [1.165, 1.54) is 0 Å². The smallest absolute Gasteiger partial charge is 0.120 e. The van der Waals surface area contributed by atoms with Crippen molar-refractivity contribution in [2.75, 3.05) is 13.1 Å². The molecule has 0 aliphatic carbocycles. The molecular weight excluding hydrogens is 352 g/mol. The van der Waals surface area contributed by atoms with Crippen molar-refractivity contribution < 1.29 is 0 Å². The second-order valence-electron chi connectivity index (χ2n) is 7.12. The average molecular weight is 385 g/mol. The van der Waals surface area contributed by atoms with Crippen molar-refractivity contribution in [3.8, 4) is 0 Å². The van der Waals surface area contributed by atoms with Gasteiger partial charge in [0.25, 0.3) is 0 Å². The van der Waals surface area contributed by atoms with Gasteiger partial charge >= 0.3 is 0 Å². The Morgan fingerprint density at radius 2 is 0.714 bits per heavy atom. The quantitative estimate of drug-likeness (QED) is 0.597. The molecule has 0 unspecified atom stereocenters. The molecule has 152 valence electrons. The number of amidine groups is 2. The lowest BCUT2D eigenvalue weighted by Gasteiger charge is -1.80. The van der Waals surface area contributed by atoms with Gasteiger partial charge in [0.15, 0.2) is 0 Å². The van der Waals surface area contributed by atoms with Gasteiger partial charge in [0, 0.05) is 47.1 Å². The summed E-state index contributed by atoms with van der Waals surface area (Å²) in [5.74, 6) is 1.83. The lowest BCUT2D eigenvalue weighted by molar-refractivity contribution is 1.26. The Labute approximate surface area is 168 Å². The maximum Gasteiger partial charge on any atom is 0.120 e. The van der Waals surface area contributed by atoms with Crippen LogP contribution in [0.5, 0.6) is 0 Å². The van der Waals surface area contributed by atoms with Gasteiger partial charge in [-0.1, -0.05) is 0 Å². The lowest BCUT2D eigenvalue weighted by atomic mass is 10.2. The van der Waals surface area contributed by atoms with Gasteiger partial charge in [-0.15, -0.1) is 0 Å². The molecule has 4 rings (SSSR count). The number of hydrogen-bond donors (Lipinski definition) is 0. The molecule has 0 atom stereocenters. The number of rotatable bonds is 0. The van der Waals surface area contributed by atoms with Crippen LogP contribution in [-0.2, 0) is 0 Å². The van der Waals surface area contributed by atoms with Crippen LogP contribution in [0.15, 0.2) is 40.4 Å². The molecular formula is C20H32N8. The third kappa shape index (κ3) is 10.5. The summed E-state index contributed by atoms with van der Waals surface area (Å²) in [5.41, 5.74) is 6.74. The fraction of sp³-hybridized carbons (Fsp3) is 0.600. The number of aliphatic imine (C=N–C) groups is 4. The van der Waals surface area contributed by atoms with Crippen LogP contribution in [0.25, 0.3) is 0 Å². The van der Waals surface area contributed by atoms with Crippen LogP contribution >= 0.6 is 0 Å². The molecule has 28 heavy (non-hydrogen) atoms. The normalized spacial score (nSPS) is 19.1. The minimum Gasteiger partial charge on any atom is -0.265 e. The molecule has 0 saturated heterocycles. The largest absolute Gasteiger partial charge is 0.265 e. The van der Waals surface area contributed by atoms with Gasteiger partial charge in [-0.25, -0.2) is 9.98 Å². The predicted molar refractivity (Wildman–Crippen MR) is 124 cm³/mol. The molecule has 8 heteroatoms. The molecule has 0 fully saturated rings. The Bertz CT molecular complexity index is 704. The van der Waals surface area contributed by atoms with E-state index in [2.05, 4.69) is 40.4 Å². The Kier molecular flexibility index (Phi) is 9.98. The maximum absolute atomic E-state index is 4.06. The van der Waals surface area contributed by atoms with E-state index in [1.807, 2.05) is 55.4 Å². The molecule has 0 radical (unpaired) electrons. The summed E-state index contributed by atoms with van der Waals surface area (Å²) in [6.45, 7) is 17.4. The third-order valence-electron chi connectivity index (χ3n) is 3.58. The highest BCUT2D eigenvalue weighted by Crippen LogP contribution is 1.99.